The van der Waals surface area contributed by atoms with E-state index < -0.39 is 18.7 Å². The number of aromatic nitrogens is 1. The largest absolute Gasteiger partial charge is 0.485 e. The van der Waals surface area contributed by atoms with Crippen LogP contribution in [0.1, 0.15) is 0 Å². The van der Waals surface area contributed by atoms with Crippen LogP contribution in [0.4, 0.5) is 27.6 Å². The number of fused-ring (bicyclic) bond motifs is 1. The Kier molecular flexibility index (Phi) is 3.41. The van der Waals surface area contributed by atoms with E-state index in [0.717, 1.165) is 0 Å². The zero-order chi connectivity index (χ0) is 15.0. The third-order valence-corrected chi connectivity index (χ3v) is 2.65. The van der Waals surface area contributed by atoms with Gasteiger partial charge >= 0.3 is 12.1 Å². The number of halogens is 5. The molecule has 8 heteroatoms. The van der Waals surface area contributed by atoms with Gasteiger partial charge < -0.3 is 10.5 Å². The van der Waals surface area contributed by atoms with Gasteiger partial charge in [0.1, 0.15) is 5.75 Å². The lowest BCUT2D eigenvalue weighted by atomic mass is 10.1. The highest BCUT2D eigenvalue weighted by atomic mass is 19.4. The van der Waals surface area contributed by atoms with Crippen molar-refractivity contribution in [2.24, 2.45) is 0 Å². The van der Waals surface area contributed by atoms with Gasteiger partial charge in [-0.25, -0.2) is 0 Å². The fourth-order valence-electron chi connectivity index (χ4n) is 1.55. The van der Waals surface area contributed by atoms with E-state index in [0.29, 0.717) is 10.8 Å². The minimum atomic E-state index is -5.66. The first-order valence-corrected chi connectivity index (χ1v) is 5.42. The highest BCUT2D eigenvalue weighted by molar-refractivity contribution is 5.95. The molecule has 20 heavy (non-hydrogen) atoms. The van der Waals surface area contributed by atoms with E-state index in [9.17, 15) is 22.0 Å². The summed E-state index contributed by atoms with van der Waals surface area (Å²) in [6, 6.07) is 4.21. The zero-order valence-electron chi connectivity index (χ0n) is 9.92. The molecule has 1 aromatic carbocycles. The Labute approximate surface area is 110 Å². The van der Waals surface area contributed by atoms with Crippen LogP contribution < -0.4 is 10.5 Å². The maximum absolute atomic E-state index is 12.8. The molecule has 3 nitrogen and oxygen atoms in total. The smallest absolute Gasteiger partial charge is 0.456 e. The standard InChI is InChI=1S/C12H9F5N2O/c13-11(14,12(15,16)17)6-20-9-2-1-7-5-19-4-3-8(7)10(9)18/h1-5H,6,18H2. The van der Waals surface area contributed by atoms with Gasteiger partial charge in [-0.2, -0.15) is 22.0 Å². The number of benzene rings is 1. The van der Waals surface area contributed by atoms with Crippen molar-refractivity contribution in [3.8, 4) is 5.75 Å². The fourth-order valence-corrected chi connectivity index (χ4v) is 1.55. The van der Waals surface area contributed by atoms with Crippen molar-refractivity contribution in [3.63, 3.8) is 0 Å². The molecule has 0 aliphatic heterocycles. The van der Waals surface area contributed by atoms with Crippen molar-refractivity contribution in [2.45, 2.75) is 12.1 Å². The molecule has 0 fully saturated rings. The number of nitrogen functional groups attached to an aromatic ring is 1. The second kappa shape index (κ2) is 4.77. The predicted octanol–water partition coefficient (Wildman–Crippen LogP) is 3.39. The predicted molar refractivity (Wildman–Crippen MR) is 62.7 cm³/mol. The molecule has 2 aromatic rings. The van der Waals surface area contributed by atoms with Gasteiger partial charge in [0.25, 0.3) is 0 Å². The lowest BCUT2D eigenvalue weighted by Crippen LogP contribution is -2.41. The Morgan fingerprint density at radius 1 is 1.10 bits per heavy atom. The molecule has 0 unspecified atom stereocenters. The van der Waals surface area contributed by atoms with Gasteiger partial charge in [-0.3, -0.25) is 4.98 Å². The van der Waals surface area contributed by atoms with Crippen LogP contribution in [0.15, 0.2) is 30.6 Å². The van der Waals surface area contributed by atoms with Crippen molar-refractivity contribution < 1.29 is 26.7 Å². The Hall–Kier alpha value is -2.12. The summed E-state index contributed by atoms with van der Waals surface area (Å²) in [4.78, 5) is 3.84. The van der Waals surface area contributed by atoms with E-state index in [-0.39, 0.29) is 11.4 Å². The van der Waals surface area contributed by atoms with Crippen LogP contribution >= 0.6 is 0 Å². The topological polar surface area (TPSA) is 48.1 Å². The van der Waals surface area contributed by atoms with Gasteiger partial charge in [0.2, 0.25) is 0 Å². The Morgan fingerprint density at radius 2 is 1.80 bits per heavy atom. The molecule has 2 N–H and O–H groups in total. The Bertz CT molecular complexity index is 627. The number of nitrogens with zero attached hydrogens (tertiary/aromatic N) is 1. The highest BCUT2D eigenvalue weighted by Gasteiger charge is 2.58. The van der Waals surface area contributed by atoms with E-state index in [1.807, 2.05) is 0 Å². The average Bonchev–Trinajstić information content (AvgIpc) is 2.37. The summed E-state index contributed by atoms with van der Waals surface area (Å²) in [5.74, 6) is -5.17. The number of alkyl halides is 5. The van der Waals surface area contributed by atoms with Crippen LogP contribution in [0.5, 0.6) is 5.75 Å². The number of nitrogens with two attached hydrogens (primary N) is 1. The number of pyridine rings is 1. The molecule has 0 aliphatic carbocycles. The van der Waals surface area contributed by atoms with Crippen molar-refractivity contribution >= 4 is 16.5 Å². The van der Waals surface area contributed by atoms with Crippen LogP contribution in [0.3, 0.4) is 0 Å². The maximum atomic E-state index is 12.8. The minimum Gasteiger partial charge on any atom is -0.485 e. The number of hydrogen-bond donors (Lipinski definition) is 1. The Balaban J connectivity index is 2.25. The van der Waals surface area contributed by atoms with Crippen molar-refractivity contribution in [1.29, 1.82) is 0 Å². The summed E-state index contributed by atoms with van der Waals surface area (Å²) in [7, 11) is 0. The summed E-state index contributed by atoms with van der Waals surface area (Å²) in [5, 5.41) is 1.09. The maximum Gasteiger partial charge on any atom is 0.456 e. The van der Waals surface area contributed by atoms with Gasteiger partial charge in [0, 0.05) is 23.2 Å². The zero-order valence-corrected chi connectivity index (χ0v) is 9.92. The minimum absolute atomic E-state index is 0.0112. The number of ether oxygens (including phenoxy) is 1. The molecule has 0 saturated carbocycles. The van der Waals surface area contributed by atoms with Gasteiger partial charge in [0.05, 0.1) is 5.69 Å². The SMILES string of the molecule is Nc1c(OCC(F)(F)C(F)(F)F)ccc2cnccc12. The second-order valence-electron chi connectivity index (χ2n) is 4.07. The van der Waals surface area contributed by atoms with E-state index in [1.54, 1.807) is 0 Å². The molecule has 0 bridgehead atoms. The molecule has 0 aliphatic rings. The van der Waals surface area contributed by atoms with E-state index in [1.165, 1.54) is 30.6 Å². The molecule has 1 aromatic heterocycles. The monoisotopic (exact) mass is 292 g/mol. The molecule has 0 spiro atoms. The van der Waals surface area contributed by atoms with Crippen molar-refractivity contribution in [3.05, 3.63) is 30.6 Å². The molecular weight excluding hydrogens is 283 g/mol. The first-order valence-electron chi connectivity index (χ1n) is 5.42. The van der Waals surface area contributed by atoms with Gasteiger partial charge in [-0.05, 0) is 18.2 Å². The second-order valence-corrected chi connectivity index (χ2v) is 4.07. The van der Waals surface area contributed by atoms with E-state index in [4.69, 9.17) is 5.73 Å². The first kappa shape index (κ1) is 14.3. The summed E-state index contributed by atoms with van der Waals surface area (Å²) in [6.45, 7) is -1.82. The van der Waals surface area contributed by atoms with Crippen LogP contribution in [-0.4, -0.2) is 23.7 Å². The van der Waals surface area contributed by atoms with Gasteiger partial charge in [-0.1, -0.05) is 0 Å². The third-order valence-electron chi connectivity index (χ3n) is 2.65. The first-order chi connectivity index (χ1) is 9.22. The number of hydrogen-bond acceptors (Lipinski definition) is 3. The van der Waals surface area contributed by atoms with E-state index >= 15 is 0 Å². The number of rotatable bonds is 3. The van der Waals surface area contributed by atoms with Gasteiger partial charge in [-0.15, -0.1) is 0 Å². The molecule has 2 rings (SSSR count). The fraction of sp³-hybridized carbons (Fsp3) is 0.250. The molecule has 0 radical (unpaired) electrons. The van der Waals surface area contributed by atoms with Crippen LogP contribution in [0, 0.1) is 0 Å². The van der Waals surface area contributed by atoms with Crippen molar-refractivity contribution in [1.82, 2.24) is 4.98 Å². The molecule has 0 atom stereocenters. The quantitative estimate of drug-likeness (QED) is 0.696. The normalized spacial score (nSPS) is 12.7. The lowest BCUT2D eigenvalue weighted by molar-refractivity contribution is -0.289. The number of anilines is 1. The van der Waals surface area contributed by atoms with Crippen LogP contribution in [-0.2, 0) is 0 Å². The highest BCUT2D eigenvalue weighted by Crippen LogP contribution is 2.37. The molecular formula is C12H9F5N2O. The molecule has 1 heterocycles. The van der Waals surface area contributed by atoms with Gasteiger partial charge in [0.15, 0.2) is 6.61 Å². The summed E-state index contributed by atoms with van der Waals surface area (Å²) < 4.78 is 66.1. The molecule has 108 valence electrons. The third kappa shape index (κ3) is 2.59. The molecule has 0 amide bonds. The summed E-state index contributed by atoms with van der Waals surface area (Å²) >= 11 is 0. The van der Waals surface area contributed by atoms with Crippen LogP contribution in [0.2, 0.25) is 0 Å². The van der Waals surface area contributed by atoms with Crippen LogP contribution in [0.25, 0.3) is 10.8 Å². The summed E-state index contributed by atoms with van der Waals surface area (Å²) in [6.07, 6.45) is -2.75. The Morgan fingerprint density at radius 3 is 2.45 bits per heavy atom. The lowest BCUT2D eigenvalue weighted by Gasteiger charge is -2.20. The summed E-state index contributed by atoms with van der Waals surface area (Å²) in [5.41, 5.74) is 5.67. The molecule has 0 saturated heterocycles. The van der Waals surface area contributed by atoms with E-state index in [2.05, 4.69) is 9.72 Å². The average molecular weight is 292 g/mol. The van der Waals surface area contributed by atoms with Crippen molar-refractivity contribution in [2.75, 3.05) is 12.3 Å².